The van der Waals surface area contributed by atoms with Crippen LogP contribution in [0.25, 0.3) is 0 Å². The molecule has 2 unspecified atom stereocenters. The van der Waals surface area contributed by atoms with Crippen LogP contribution >= 0.6 is 0 Å². The normalized spacial score (nSPS) is 20.6. The molecule has 0 spiro atoms. The lowest BCUT2D eigenvalue weighted by molar-refractivity contribution is -0.145. The fourth-order valence-electron chi connectivity index (χ4n) is 2.87. The van der Waals surface area contributed by atoms with Crippen LogP contribution in [0, 0.1) is 23.2 Å². The monoisotopic (exact) mass is 328 g/mol. The molecule has 0 saturated carbocycles. The molecule has 1 aliphatic heterocycles. The zero-order chi connectivity index (χ0) is 17.5. The number of nitrogens with zero attached hydrogens (tertiary/aromatic N) is 3. The SMILES string of the molecule is CCNC(=NCc1ccc(C#N)cc1)N1CC(C)C(C(=O)OC)C1. The number of guanidine groups is 1. The highest BCUT2D eigenvalue weighted by Gasteiger charge is 2.36. The van der Waals surface area contributed by atoms with Crippen molar-refractivity contribution >= 4 is 11.9 Å². The summed E-state index contributed by atoms with van der Waals surface area (Å²) in [6, 6.07) is 9.52. The first-order valence-corrected chi connectivity index (χ1v) is 8.19. The molecule has 1 aromatic rings. The third-order valence-corrected chi connectivity index (χ3v) is 4.25. The molecule has 1 fully saturated rings. The number of rotatable bonds is 4. The smallest absolute Gasteiger partial charge is 0.310 e. The van der Waals surface area contributed by atoms with Crippen molar-refractivity contribution < 1.29 is 9.53 Å². The van der Waals surface area contributed by atoms with Gasteiger partial charge < -0.3 is 15.0 Å². The van der Waals surface area contributed by atoms with Gasteiger partial charge >= 0.3 is 5.97 Å². The summed E-state index contributed by atoms with van der Waals surface area (Å²) in [5.74, 6) is 0.762. The molecule has 0 aromatic heterocycles. The fraction of sp³-hybridized carbons (Fsp3) is 0.500. The summed E-state index contributed by atoms with van der Waals surface area (Å²) in [5, 5.41) is 12.1. The average Bonchev–Trinajstić information content (AvgIpc) is 3.00. The molecule has 1 saturated heterocycles. The van der Waals surface area contributed by atoms with Crippen LogP contribution in [-0.2, 0) is 16.1 Å². The van der Waals surface area contributed by atoms with E-state index in [1.54, 1.807) is 12.1 Å². The molecule has 24 heavy (non-hydrogen) atoms. The van der Waals surface area contributed by atoms with Gasteiger partial charge in [-0.05, 0) is 30.5 Å². The van der Waals surface area contributed by atoms with E-state index in [1.807, 2.05) is 19.1 Å². The van der Waals surface area contributed by atoms with Crippen molar-refractivity contribution in [3.63, 3.8) is 0 Å². The minimum absolute atomic E-state index is 0.117. The van der Waals surface area contributed by atoms with Gasteiger partial charge in [-0.1, -0.05) is 19.1 Å². The van der Waals surface area contributed by atoms with Crippen LogP contribution in [0.5, 0.6) is 0 Å². The van der Waals surface area contributed by atoms with E-state index in [2.05, 4.69) is 28.2 Å². The minimum Gasteiger partial charge on any atom is -0.469 e. The predicted molar refractivity (Wildman–Crippen MR) is 92.2 cm³/mol. The van der Waals surface area contributed by atoms with Gasteiger partial charge in [0.2, 0.25) is 0 Å². The Morgan fingerprint density at radius 1 is 1.42 bits per heavy atom. The summed E-state index contributed by atoms with van der Waals surface area (Å²) in [7, 11) is 1.43. The zero-order valence-electron chi connectivity index (χ0n) is 14.5. The number of carbonyl (C=O) groups excluding carboxylic acids is 1. The van der Waals surface area contributed by atoms with E-state index in [0.29, 0.717) is 18.7 Å². The van der Waals surface area contributed by atoms with Crippen LogP contribution in [0.1, 0.15) is 25.0 Å². The molecule has 6 nitrogen and oxygen atoms in total. The lowest BCUT2D eigenvalue weighted by Crippen LogP contribution is -2.40. The Morgan fingerprint density at radius 3 is 2.71 bits per heavy atom. The van der Waals surface area contributed by atoms with Gasteiger partial charge in [-0.25, -0.2) is 4.99 Å². The Balaban J connectivity index is 2.08. The highest BCUT2D eigenvalue weighted by atomic mass is 16.5. The molecule has 2 atom stereocenters. The van der Waals surface area contributed by atoms with E-state index in [1.165, 1.54) is 7.11 Å². The summed E-state index contributed by atoms with van der Waals surface area (Å²) in [4.78, 5) is 18.6. The molecule has 0 radical (unpaired) electrons. The molecule has 1 N–H and O–H groups in total. The number of nitrogens with one attached hydrogen (secondary N) is 1. The number of hydrogen-bond donors (Lipinski definition) is 1. The second-order valence-electron chi connectivity index (χ2n) is 5.99. The number of ether oxygens (including phenoxy) is 1. The summed E-state index contributed by atoms with van der Waals surface area (Å²) < 4.78 is 4.89. The third-order valence-electron chi connectivity index (χ3n) is 4.25. The maximum absolute atomic E-state index is 11.9. The van der Waals surface area contributed by atoms with Crippen molar-refractivity contribution in [3.05, 3.63) is 35.4 Å². The van der Waals surface area contributed by atoms with Crippen LogP contribution in [0.2, 0.25) is 0 Å². The maximum Gasteiger partial charge on any atom is 0.310 e. The molecule has 1 aliphatic rings. The van der Waals surface area contributed by atoms with Gasteiger partial charge in [0.15, 0.2) is 5.96 Å². The van der Waals surface area contributed by atoms with Gasteiger partial charge in [0.1, 0.15) is 0 Å². The first-order valence-electron chi connectivity index (χ1n) is 8.19. The van der Waals surface area contributed by atoms with Gasteiger partial charge in [-0.2, -0.15) is 5.26 Å². The van der Waals surface area contributed by atoms with E-state index in [-0.39, 0.29) is 17.8 Å². The topological polar surface area (TPSA) is 77.7 Å². The Labute approximate surface area is 143 Å². The van der Waals surface area contributed by atoms with Crippen LogP contribution in [0.15, 0.2) is 29.3 Å². The first-order chi connectivity index (χ1) is 11.6. The van der Waals surface area contributed by atoms with Crippen LogP contribution in [0.4, 0.5) is 0 Å². The number of carbonyl (C=O) groups is 1. The van der Waals surface area contributed by atoms with Gasteiger partial charge in [-0.3, -0.25) is 4.79 Å². The molecule has 128 valence electrons. The number of aliphatic imine (C=N–C) groups is 1. The fourth-order valence-corrected chi connectivity index (χ4v) is 2.87. The zero-order valence-corrected chi connectivity index (χ0v) is 14.5. The minimum atomic E-state index is -0.159. The van der Waals surface area contributed by atoms with Crippen LogP contribution in [0.3, 0.4) is 0 Å². The lowest BCUT2D eigenvalue weighted by atomic mass is 9.99. The molecule has 2 rings (SSSR count). The Bertz CT molecular complexity index is 633. The Morgan fingerprint density at radius 2 is 2.12 bits per heavy atom. The highest BCUT2D eigenvalue weighted by molar-refractivity contribution is 5.82. The predicted octanol–water partition coefficient (Wildman–Crippen LogP) is 1.76. The number of esters is 1. The van der Waals surface area contributed by atoms with Crippen LogP contribution < -0.4 is 5.32 Å². The molecule has 1 aromatic carbocycles. The van der Waals surface area contributed by atoms with Gasteiger partial charge in [0.05, 0.1) is 31.2 Å². The molecular formula is C18H24N4O2. The molecule has 1 heterocycles. The van der Waals surface area contributed by atoms with E-state index in [4.69, 9.17) is 10.00 Å². The number of hydrogen-bond acceptors (Lipinski definition) is 4. The highest BCUT2D eigenvalue weighted by Crippen LogP contribution is 2.24. The number of likely N-dealkylation sites (tertiary alicyclic amines) is 1. The summed E-state index contributed by atoms with van der Waals surface area (Å²) >= 11 is 0. The van der Waals surface area contributed by atoms with Crippen LogP contribution in [-0.4, -0.2) is 43.6 Å². The summed E-state index contributed by atoms with van der Waals surface area (Å²) in [6.45, 7) is 6.77. The van der Waals surface area contributed by atoms with Crippen molar-refractivity contribution in [1.82, 2.24) is 10.2 Å². The average molecular weight is 328 g/mol. The Hall–Kier alpha value is -2.55. The number of benzene rings is 1. The van der Waals surface area contributed by atoms with Crippen molar-refractivity contribution in [1.29, 1.82) is 5.26 Å². The van der Waals surface area contributed by atoms with Crippen molar-refractivity contribution in [2.45, 2.75) is 20.4 Å². The molecule has 6 heteroatoms. The standard InChI is InChI=1S/C18H24N4O2/c1-4-20-18(21-10-15-7-5-14(9-19)6-8-15)22-11-13(2)16(12-22)17(23)24-3/h5-8,13,16H,4,10-12H2,1-3H3,(H,20,21). The second-order valence-corrected chi connectivity index (χ2v) is 5.99. The van der Waals surface area contributed by atoms with Gasteiger partial charge in [0, 0.05) is 19.6 Å². The summed E-state index contributed by atoms with van der Waals surface area (Å²) in [6.07, 6.45) is 0. The summed E-state index contributed by atoms with van der Waals surface area (Å²) in [5.41, 5.74) is 1.69. The van der Waals surface area contributed by atoms with E-state index >= 15 is 0 Å². The van der Waals surface area contributed by atoms with E-state index < -0.39 is 0 Å². The molecule has 0 aliphatic carbocycles. The maximum atomic E-state index is 11.9. The second kappa shape index (κ2) is 8.34. The molecule has 0 bridgehead atoms. The van der Waals surface area contributed by atoms with E-state index in [0.717, 1.165) is 24.6 Å². The van der Waals surface area contributed by atoms with Crippen molar-refractivity contribution in [3.8, 4) is 6.07 Å². The Kier molecular flexibility index (Phi) is 6.19. The third kappa shape index (κ3) is 4.25. The first kappa shape index (κ1) is 17.8. The number of methoxy groups -OCH3 is 1. The van der Waals surface area contributed by atoms with Gasteiger partial charge in [0.25, 0.3) is 0 Å². The molecular weight excluding hydrogens is 304 g/mol. The van der Waals surface area contributed by atoms with Crippen molar-refractivity contribution in [2.24, 2.45) is 16.8 Å². The number of nitriles is 1. The molecule has 0 amide bonds. The lowest BCUT2D eigenvalue weighted by Gasteiger charge is -2.21. The quantitative estimate of drug-likeness (QED) is 0.518. The van der Waals surface area contributed by atoms with Crippen molar-refractivity contribution in [2.75, 3.05) is 26.7 Å². The van der Waals surface area contributed by atoms with E-state index in [9.17, 15) is 4.79 Å². The largest absolute Gasteiger partial charge is 0.469 e. The van der Waals surface area contributed by atoms with Gasteiger partial charge in [-0.15, -0.1) is 0 Å².